The fourth-order valence-electron chi connectivity index (χ4n) is 3.11. The smallest absolute Gasteiger partial charge is 0.328 e. The molecule has 1 aliphatic heterocycles. The number of hydrogen-bond acceptors (Lipinski definition) is 8. The number of methoxy groups -OCH3 is 1. The van der Waals surface area contributed by atoms with Crippen LogP contribution >= 0.6 is 11.8 Å². The van der Waals surface area contributed by atoms with Crippen LogP contribution in [0.3, 0.4) is 0 Å². The first-order valence-corrected chi connectivity index (χ1v) is 9.58. The minimum absolute atomic E-state index is 0.0649. The van der Waals surface area contributed by atoms with Gasteiger partial charge in [0.05, 0.1) is 19.1 Å². The molecule has 4 rings (SSSR count). The van der Waals surface area contributed by atoms with Crippen LogP contribution < -0.4 is 0 Å². The van der Waals surface area contributed by atoms with E-state index in [9.17, 15) is 9.59 Å². The van der Waals surface area contributed by atoms with Crippen LogP contribution in [0.2, 0.25) is 0 Å². The zero-order chi connectivity index (χ0) is 19.5. The van der Waals surface area contributed by atoms with Gasteiger partial charge in [0.25, 0.3) is 11.1 Å². The molecule has 2 aromatic heterocycles. The summed E-state index contributed by atoms with van der Waals surface area (Å²) in [5.74, 6) is 0.150. The minimum atomic E-state index is -0.644. The lowest BCUT2D eigenvalue weighted by molar-refractivity contribution is -0.153. The van der Waals surface area contributed by atoms with Gasteiger partial charge in [-0.1, -0.05) is 36.0 Å². The molecule has 0 unspecified atom stereocenters. The highest BCUT2D eigenvalue weighted by atomic mass is 32.2. The van der Waals surface area contributed by atoms with Crippen LogP contribution in [0.4, 0.5) is 0 Å². The zero-order valence-corrected chi connectivity index (χ0v) is 15.8. The Hall–Kier alpha value is -3.07. The summed E-state index contributed by atoms with van der Waals surface area (Å²) < 4.78 is 15.6. The Balaban J connectivity index is 1.46. The second-order valence-corrected chi connectivity index (χ2v) is 7.10. The van der Waals surface area contributed by atoms with E-state index in [1.165, 1.54) is 13.4 Å². The highest BCUT2D eigenvalue weighted by Gasteiger charge is 2.35. The number of thioether (sulfide) groups is 1. The Morgan fingerprint density at radius 1 is 1.21 bits per heavy atom. The average Bonchev–Trinajstić information content (AvgIpc) is 3.42. The largest absolute Gasteiger partial charge is 0.467 e. The Bertz CT molecular complexity index is 985. The number of aromatic nitrogens is 2. The van der Waals surface area contributed by atoms with Gasteiger partial charge in [-0.05, 0) is 23.3 Å². The molecule has 1 atom stereocenters. The molecule has 8 nitrogen and oxygen atoms in total. The first-order chi connectivity index (χ1) is 13.7. The molecule has 0 saturated heterocycles. The average molecular weight is 399 g/mol. The fourth-order valence-corrected chi connectivity index (χ4v) is 3.76. The van der Waals surface area contributed by atoms with E-state index >= 15 is 0 Å². The molecule has 0 saturated carbocycles. The summed E-state index contributed by atoms with van der Waals surface area (Å²) in [7, 11) is 1.33. The monoisotopic (exact) mass is 399 g/mol. The van der Waals surface area contributed by atoms with Crippen molar-refractivity contribution in [2.24, 2.45) is 0 Å². The third kappa shape index (κ3) is 3.65. The van der Waals surface area contributed by atoms with Crippen molar-refractivity contribution in [1.82, 2.24) is 15.1 Å². The number of benzene rings is 1. The normalized spacial score (nSPS) is 15.9. The number of nitrogens with zero attached hydrogens (tertiary/aromatic N) is 3. The maximum absolute atomic E-state index is 12.8. The van der Waals surface area contributed by atoms with E-state index in [0.29, 0.717) is 18.7 Å². The molecule has 1 aromatic carbocycles. The van der Waals surface area contributed by atoms with Gasteiger partial charge in [0, 0.05) is 13.0 Å². The van der Waals surface area contributed by atoms with Crippen molar-refractivity contribution in [1.29, 1.82) is 0 Å². The molecule has 9 heteroatoms. The molecule has 1 aliphatic rings. The third-order valence-electron chi connectivity index (χ3n) is 4.50. The second kappa shape index (κ2) is 7.89. The topological polar surface area (TPSA) is 98.7 Å². The quantitative estimate of drug-likeness (QED) is 0.477. The number of amides is 1. The first-order valence-electron chi connectivity index (χ1n) is 8.60. The van der Waals surface area contributed by atoms with Crippen molar-refractivity contribution in [2.45, 2.75) is 24.2 Å². The van der Waals surface area contributed by atoms with Crippen molar-refractivity contribution in [2.75, 3.05) is 12.9 Å². The predicted octanol–water partition coefficient (Wildman–Crippen LogP) is 2.55. The fraction of sp³-hybridized carbons (Fsp3) is 0.263. The summed E-state index contributed by atoms with van der Waals surface area (Å²) in [6, 6.07) is 10.6. The second-order valence-electron chi connectivity index (χ2n) is 6.17. The lowest BCUT2D eigenvalue weighted by Gasteiger charge is -2.35. The van der Waals surface area contributed by atoms with Gasteiger partial charge in [-0.15, -0.1) is 10.2 Å². The highest BCUT2D eigenvalue weighted by Crippen LogP contribution is 2.27. The number of hydrogen-bond donors (Lipinski definition) is 0. The van der Waals surface area contributed by atoms with Crippen LogP contribution in [0.5, 0.6) is 0 Å². The summed E-state index contributed by atoms with van der Waals surface area (Å²) >= 11 is 1.12. The number of carbonyl (C=O) groups excluding carboxylic acids is 2. The highest BCUT2D eigenvalue weighted by molar-refractivity contribution is 7.99. The maximum atomic E-state index is 12.8. The Morgan fingerprint density at radius 2 is 2.04 bits per heavy atom. The maximum Gasteiger partial charge on any atom is 0.328 e. The number of fused-ring (bicyclic) bond motifs is 1. The van der Waals surface area contributed by atoms with Gasteiger partial charge in [0.2, 0.25) is 5.91 Å². The molecular formula is C19H17N3O5S. The number of rotatable bonds is 5. The molecule has 0 N–H and O–H groups in total. The van der Waals surface area contributed by atoms with E-state index in [1.54, 1.807) is 17.0 Å². The molecule has 0 fully saturated rings. The van der Waals surface area contributed by atoms with Gasteiger partial charge < -0.3 is 18.5 Å². The standard InChI is InChI=1S/C19H17N3O5S/c1-25-18(24)14-9-12-5-2-3-6-13(12)10-22(14)16(23)11-28-19-21-20-17(27-19)15-7-4-8-26-15/h2-8,14H,9-11H2,1H3/t14-/m1/s1. The summed E-state index contributed by atoms with van der Waals surface area (Å²) in [5.41, 5.74) is 2.08. The number of ether oxygens (including phenoxy) is 1. The summed E-state index contributed by atoms with van der Waals surface area (Å²) in [5, 5.41) is 8.08. The molecule has 0 radical (unpaired) electrons. The van der Waals surface area contributed by atoms with Crippen LogP contribution in [0.1, 0.15) is 11.1 Å². The lowest BCUT2D eigenvalue weighted by atomic mass is 9.94. The van der Waals surface area contributed by atoms with E-state index in [0.717, 1.165) is 22.9 Å². The van der Waals surface area contributed by atoms with Gasteiger partial charge in [-0.3, -0.25) is 4.79 Å². The van der Waals surface area contributed by atoms with Crippen LogP contribution in [0.25, 0.3) is 11.7 Å². The number of furan rings is 1. The van der Waals surface area contributed by atoms with Crippen LogP contribution in [0.15, 0.2) is 56.7 Å². The van der Waals surface area contributed by atoms with Crippen LogP contribution in [0, 0.1) is 0 Å². The lowest BCUT2D eigenvalue weighted by Crippen LogP contribution is -2.49. The Labute approximate surface area is 164 Å². The van der Waals surface area contributed by atoms with E-state index in [2.05, 4.69) is 10.2 Å². The van der Waals surface area contributed by atoms with Gasteiger partial charge in [0.15, 0.2) is 5.76 Å². The molecule has 28 heavy (non-hydrogen) atoms. The summed E-state index contributed by atoms with van der Waals surface area (Å²) in [6.45, 7) is 0.358. The van der Waals surface area contributed by atoms with E-state index in [4.69, 9.17) is 13.6 Å². The van der Waals surface area contributed by atoms with Crippen molar-refractivity contribution in [3.8, 4) is 11.7 Å². The number of carbonyl (C=O) groups is 2. The summed E-state index contributed by atoms with van der Waals surface area (Å²) in [6.07, 6.45) is 1.94. The van der Waals surface area contributed by atoms with Crippen molar-refractivity contribution in [3.63, 3.8) is 0 Å². The molecule has 0 aliphatic carbocycles. The molecule has 0 bridgehead atoms. The third-order valence-corrected chi connectivity index (χ3v) is 5.30. The Kier molecular flexibility index (Phi) is 5.16. The molecule has 3 aromatic rings. The molecule has 1 amide bonds. The summed E-state index contributed by atoms with van der Waals surface area (Å²) in [4.78, 5) is 26.6. The van der Waals surface area contributed by atoms with Crippen LogP contribution in [-0.4, -0.2) is 45.9 Å². The molecule has 3 heterocycles. The molecule has 144 valence electrons. The predicted molar refractivity (Wildman–Crippen MR) is 99.2 cm³/mol. The SMILES string of the molecule is COC(=O)[C@H]1Cc2ccccc2CN1C(=O)CSc1nnc(-c2ccco2)o1. The first kappa shape index (κ1) is 18.3. The minimum Gasteiger partial charge on any atom is -0.467 e. The van der Waals surface area contributed by atoms with E-state index in [-0.39, 0.29) is 22.8 Å². The molecule has 0 spiro atoms. The zero-order valence-electron chi connectivity index (χ0n) is 15.0. The van der Waals surface area contributed by atoms with Crippen molar-refractivity contribution < 1.29 is 23.2 Å². The number of esters is 1. The van der Waals surface area contributed by atoms with Crippen molar-refractivity contribution in [3.05, 3.63) is 53.8 Å². The van der Waals surface area contributed by atoms with Gasteiger partial charge in [-0.2, -0.15) is 0 Å². The van der Waals surface area contributed by atoms with E-state index in [1.807, 2.05) is 24.3 Å². The van der Waals surface area contributed by atoms with Crippen molar-refractivity contribution >= 4 is 23.6 Å². The van der Waals surface area contributed by atoms with Gasteiger partial charge in [0.1, 0.15) is 6.04 Å². The Morgan fingerprint density at radius 3 is 2.79 bits per heavy atom. The van der Waals surface area contributed by atoms with Gasteiger partial charge >= 0.3 is 5.97 Å². The van der Waals surface area contributed by atoms with Crippen LogP contribution in [-0.2, 0) is 27.3 Å². The molecular weight excluding hydrogens is 382 g/mol. The van der Waals surface area contributed by atoms with E-state index < -0.39 is 12.0 Å². The van der Waals surface area contributed by atoms with Gasteiger partial charge in [-0.25, -0.2) is 4.79 Å².